The lowest BCUT2D eigenvalue weighted by atomic mass is 10.1. The molecule has 0 heterocycles. The molecule has 122 valence electrons. The van der Waals surface area contributed by atoms with Gasteiger partial charge >= 0.3 is 6.36 Å². The lowest BCUT2D eigenvalue weighted by Crippen LogP contribution is -2.22. The maximum atomic E-state index is 12.2. The molecular formula is C11H9F3N6O3. The summed E-state index contributed by atoms with van der Waals surface area (Å²) in [5, 5.41) is 30.1. The average Bonchev–Trinajstić information content (AvgIpc) is 2.38. The second kappa shape index (κ2) is 6.60. The van der Waals surface area contributed by atoms with Gasteiger partial charge < -0.3 is 10.5 Å². The van der Waals surface area contributed by atoms with Crippen LogP contribution in [0.4, 0.5) is 24.5 Å². The van der Waals surface area contributed by atoms with Crippen LogP contribution in [0.3, 0.4) is 0 Å². The number of aryl methyl sites for hydroxylation is 1. The number of ether oxygens (including phenoxy) is 1. The van der Waals surface area contributed by atoms with Crippen LogP contribution in [-0.2, 0) is 0 Å². The molecule has 12 heteroatoms. The third-order valence-electron chi connectivity index (χ3n) is 2.36. The molecule has 0 fully saturated rings. The third kappa shape index (κ3) is 4.84. The van der Waals surface area contributed by atoms with Crippen LogP contribution in [0.2, 0.25) is 0 Å². The largest absolute Gasteiger partial charge is 0.573 e. The molecule has 0 unspecified atom stereocenters. The Morgan fingerprint density at radius 3 is 2.61 bits per heavy atom. The highest BCUT2D eigenvalue weighted by Gasteiger charge is 2.32. The molecule has 0 saturated carbocycles. The molecule has 4 N–H and O–H groups in total. The maximum absolute atomic E-state index is 12.2. The van der Waals surface area contributed by atoms with E-state index < -0.39 is 34.3 Å². The van der Waals surface area contributed by atoms with Gasteiger partial charge in [0, 0.05) is 0 Å². The zero-order valence-electron chi connectivity index (χ0n) is 11.4. The molecular weight excluding hydrogens is 321 g/mol. The summed E-state index contributed by atoms with van der Waals surface area (Å²) in [4.78, 5) is 10.0. The highest BCUT2D eigenvalue weighted by molar-refractivity contribution is 6.45. The number of nitrogens with two attached hydrogens (primary N) is 1. The second-order valence-corrected chi connectivity index (χ2v) is 4.04. The molecule has 1 aromatic carbocycles. The zero-order chi connectivity index (χ0) is 17.8. The first-order valence-corrected chi connectivity index (χ1v) is 5.68. The number of amidine groups is 1. The van der Waals surface area contributed by atoms with Crippen LogP contribution in [-0.4, -0.2) is 22.8 Å². The SMILES string of the molecule is Cc1cc(OC(F)(F)F)cc([N+](=O)[O-])c1N/N=C(\C#N)C(=N)N. The Morgan fingerprint density at radius 2 is 2.17 bits per heavy atom. The number of rotatable bonds is 5. The van der Waals surface area contributed by atoms with Gasteiger partial charge in [-0.2, -0.15) is 10.4 Å². The number of anilines is 1. The van der Waals surface area contributed by atoms with Crippen molar-refractivity contribution in [2.75, 3.05) is 5.43 Å². The molecule has 0 atom stereocenters. The molecule has 0 aliphatic carbocycles. The highest BCUT2D eigenvalue weighted by Crippen LogP contribution is 2.35. The van der Waals surface area contributed by atoms with Crippen molar-refractivity contribution in [1.29, 1.82) is 10.7 Å². The van der Waals surface area contributed by atoms with Crippen molar-refractivity contribution in [1.82, 2.24) is 0 Å². The van der Waals surface area contributed by atoms with Gasteiger partial charge in [0.1, 0.15) is 17.5 Å². The van der Waals surface area contributed by atoms with Crippen LogP contribution < -0.4 is 15.9 Å². The van der Waals surface area contributed by atoms with Crippen LogP contribution in [0.25, 0.3) is 0 Å². The Balaban J connectivity index is 3.30. The fraction of sp³-hybridized carbons (Fsp3) is 0.182. The molecule has 0 spiro atoms. The normalized spacial score (nSPS) is 11.5. The van der Waals surface area contributed by atoms with Crippen molar-refractivity contribution in [3.05, 3.63) is 27.8 Å². The fourth-order valence-corrected chi connectivity index (χ4v) is 1.48. The number of halogens is 3. The van der Waals surface area contributed by atoms with Crippen molar-refractivity contribution in [2.24, 2.45) is 10.8 Å². The highest BCUT2D eigenvalue weighted by atomic mass is 19.4. The first-order chi connectivity index (χ1) is 10.5. The zero-order valence-corrected chi connectivity index (χ0v) is 11.4. The number of nitrogens with zero attached hydrogens (tertiary/aromatic N) is 3. The number of hydrazone groups is 1. The van der Waals surface area contributed by atoms with Crippen molar-refractivity contribution in [3.63, 3.8) is 0 Å². The molecule has 0 saturated heterocycles. The second-order valence-electron chi connectivity index (χ2n) is 4.04. The van der Waals surface area contributed by atoms with E-state index in [2.05, 4.69) is 15.3 Å². The van der Waals surface area contributed by atoms with Crippen LogP contribution in [0.1, 0.15) is 5.56 Å². The molecule has 0 aliphatic heterocycles. The number of nitro benzene ring substituents is 1. The summed E-state index contributed by atoms with van der Waals surface area (Å²) < 4.78 is 40.2. The lowest BCUT2D eigenvalue weighted by Gasteiger charge is -2.12. The van der Waals surface area contributed by atoms with Crippen molar-refractivity contribution >= 4 is 22.9 Å². The Bertz CT molecular complexity index is 723. The van der Waals surface area contributed by atoms with Gasteiger partial charge in [0.05, 0.1) is 11.0 Å². The summed E-state index contributed by atoms with van der Waals surface area (Å²) in [6, 6.07) is 2.93. The smallest absolute Gasteiger partial charge is 0.406 e. The molecule has 0 bridgehead atoms. The molecule has 0 amide bonds. The summed E-state index contributed by atoms with van der Waals surface area (Å²) in [6.45, 7) is 1.27. The first-order valence-electron chi connectivity index (χ1n) is 5.68. The van der Waals surface area contributed by atoms with Gasteiger partial charge in [0.15, 0.2) is 5.84 Å². The van der Waals surface area contributed by atoms with E-state index in [1.165, 1.54) is 13.0 Å². The van der Waals surface area contributed by atoms with E-state index >= 15 is 0 Å². The number of hydrogen-bond donors (Lipinski definition) is 3. The predicted molar refractivity (Wildman–Crippen MR) is 73.1 cm³/mol. The van der Waals surface area contributed by atoms with Gasteiger partial charge in [-0.15, -0.1) is 13.2 Å². The molecule has 9 nitrogen and oxygen atoms in total. The van der Waals surface area contributed by atoms with Gasteiger partial charge in [-0.25, -0.2) is 0 Å². The Kier molecular flexibility index (Phi) is 5.08. The van der Waals surface area contributed by atoms with Gasteiger partial charge in [0.2, 0.25) is 5.71 Å². The number of nitrogens with one attached hydrogen (secondary N) is 2. The third-order valence-corrected chi connectivity index (χ3v) is 2.36. The van der Waals surface area contributed by atoms with Gasteiger partial charge in [0.25, 0.3) is 5.69 Å². The molecule has 1 aromatic rings. The van der Waals surface area contributed by atoms with E-state index in [-0.39, 0.29) is 11.3 Å². The van der Waals surface area contributed by atoms with Crippen molar-refractivity contribution in [2.45, 2.75) is 13.3 Å². The Morgan fingerprint density at radius 1 is 1.57 bits per heavy atom. The monoisotopic (exact) mass is 330 g/mol. The Labute approximate surface area is 126 Å². The van der Waals surface area contributed by atoms with Crippen molar-refractivity contribution < 1.29 is 22.8 Å². The number of nitriles is 1. The maximum Gasteiger partial charge on any atom is 0.573 e. The number of alkyl halides is 3. The summed E-state index contributed by atoms with van der Waals surface area (Å²) >= 11 is 0. The van der Waals surface area contributed by atoms with Gasteiger partial charge in [-0.3, -0.25) is 20.9 Å². The first kappa shape index (κ1) is 17.7. The van der Waals surface area contributed by atoms with E-state index in [4.69, 9.17) is 16.4 Å². The predicted octanol–water partition coefficient (Wildman–Crippen LogP) is 2.03. The summed E-state index contributed by atoms with van der Waals surface area (Å²) in [5.41, 5.74) is 5.64. The van der Waals surface area contributed by atoms with Crippen LogP contribution >= 0.6 is 0 Å². The molecule has 0 radical (unpaired) electrons. The van der Waals surface area contributed by atoms with Crippen LogP contribution in [0.15, 0.2) is 17.2 Å². The van der Waals surface area contributed by atoms with E-state index in [1.54, 1.807) is 0 Å². The van der Waals surface area contributed by atoms with Crippen LogP contribution in [0, 0.1) is 33.8 Å². The van der Waals surface area contributed by atoms with Crippen molar-refractivity contribution in [3.8, 4) is 11.8 Å². The van der Waals surface area contributed by atoms with E-state index in [1.807, 2.05) is 0 Å². The minimum atomic E-state index is -5.00. The van der Waals surface area contributed by atoms with E-state index in [0.717, 1.165) is 6.07 Å². The fourth-order valence-electron chi connectivity index (χ4n) is 1.48. The minimum Gasteiger partial charge on any atom is -0.406 e. The molecule has 1 rings (SSSR count). The standard InChI is InChI=1S/C11H9F3N6O3/c1-5-2-6(23-11(12,13)14)3-8(20(21)22)9(5)19-18-7(4-15)10(16)17/h2-3,19H,1H3,(H3,16,17)/b18-7+. The summed E-state index contributed by atoms with van der Waals surface area (Å²) in [7, 11) is 0. The number of benzene rings is 1. The van der Waals surface area contributed by atoms with E-state index in [9.17, 15) is 23.3 Å². The average molecular weight is 330 g/mol. The molecule has 0 aromatic heterocycles. The van der Waals surface area contributed by atoms with Gasteiger partial charge in [-0.1, -0.05) is 0 Å². The number of hydrogen-bond acceptors (Lipinski definition) is 7. The molecule has 23 heavy (non-hydrogen) atoms. The lowest BCUT2D eigenvalue weighted by molar-refractivity contribution is -0.384. The molecule has 0 aliphatic rings. The Hall–Kier alpha value is -3.36. The minimum absolute atomic E-state index is 0.00282. The number of nitro groups is 1. The summed E-state index contributed by atoms with van der Waals surface area (Å²) in [5.74, 6) is -1.46. The van der Waals surface area contributed by atoms with E-state index in [0.29, 0.717) is 6.07 Å². The topological polar surface area (TPSA) is 150 Å². The summed E-state index contributed by atoms with van der Waals surface area (Å²) in [6.07, 6.45) is -5.00. The quantitative estimate of drug-likeness (QED) is 0.325. The van der Waals surface area contributed by atoms with Gasteiger partial charge in [-0.05, 0) is 18.6 Å². The van der Waals surface area contributed by atoms with Crippen LogP contribution in [0.5, 0.6) is 5.75 Å².